The lowest BCUT2D eigenvalue weighted by molar-refractivity contribution is -0.156. The Morgan fingerprint density at radius 3 is 2.83 bits per heavy atom. The summed E-state index contributed by atoms with van der Waals surface area (Å²) in [4.78, 5) is 44.7. The molecule has 1 spiro atoms. The number of aromatic nitrogens is 3. The molecule has 1 N–H and O–H groups in total. The highest BCUT2D eigenvalue weighted by Gasteiger charge is 2.77. The normalized spacial score (nSPS) is 29.0. The molecule has 4 heterocycles. The first-order chi connectivity index (χ1) is 19.8. The molecule has 5 rings (SSSR count). The average Bonchev–Trinajstić information content (AvgIpc) is 3.69. The minimum atomic E-state index is -1.26. The molecule has 3 aliphatic rings. The van der Waals surface area contributed by atoms with E-state index in [0.717, 1.165) is 18.4 Å². The zero-order valence-electron chi connectivity index (χ0n) is 23.1. The molecule has 2 aromatic rings. The summed E-state index contributed by atoms with van der Waals surface area (Å²) in [7, 11) is 0. The van der Waals surface area contributed by atoms with E-state index in [-0.39, 0.29) is 43.1 Å². The average molecular weight is 631 g/mol. The number of ether oxygens (including phenoxy) is 2. The van der Waals surface area contributed by atoms with Crippen molar-refractivity contribution in [2.75, 3.05) is 19.8 Å². The highest BCUT2D eigenvalue weighted by Crippen LogP contribution is 2.60. The third-order valence-electron chi connectivity index (χ3n) is 8.41. The number of fused-ring (bicyclic) bond motifs is 2. The monoisotopic (exact) mass is 629 g/mol. The molecular formula is C29H36BrN5O6. The van der Waals surface area contributed by atoms with Crippen molar-refractivity contribution >= 4 is 44.7 Å². The van der Waals surface area contributed by atoms with Gasteiger partial charge in [0.1, 0.15) is 23.8 Å². The topological polar surface area (TPSA) is 127 Å². The first kappa shape index (κ1) is 29.4. The Morgan fingerprint density at radius 1 is 1.32 bits per heavy atom. The van der Waals surface area contributed by atoms with E-state index in [1.165, 1.54) is 4.90 Å². The molecule has 0 saturated carbocycles. The second kappa shape index (κ2) is 12.0. The lowest BCUT2D eigenvalue weighted by Gasteiger charge is -2.38. The van der Waals surface area contributed by atoms with Gasteiger partial charge in [0.2, 0.25) is 11.8 Å². The fraction of sp³-hybridized carbons (Fsp3) is 0.552. The number of hydrogen-bond acceptors (Lipinski definition) is 8. The highest BCUT2D eigenvalue weighted by atomic mass is 79.9. The van der Waals surface area contributed by atoms with E-state index in [9.17, 15) is 19.5 Å². The summed E-state index contributed by atoms with van der Waals surface area (Å²) in [6.45, 7) is 9.34. The van der Waals surface area contributed by atoms with Crippen LogP contribution in [0.3, 0.4) is 0 Å². The van der Waals surface area contributed by atoms with Crippen LogP contribution in [0.1, 0.15) is 32.6 Å². The number of carbonyl (C=O) groups excluding carboxylic acids is 3. The largest absolute Gasteiger partial charge is 0.465 e. The number of aliphatic hydroxyl groups is 1. The van der Waals surface area contributed by atoms with Crippen molar-refractivity contribution in [3.8, 4) is 0 Å². The number of hydrogen-bond donors (Lipinski definition) is 1. The lowest BCUT2D eigenvalue weighted by Crippen LogP contribution is -2.58. The number of amides is 2. The van der Waals surface area contributed by atoms with Crippen LogP contribution < -0.4 is 0 Å². The van der Waals surface area contributed by atoms with Gasteiger partial charge < -0.3 is 24.4 Å². The van der Waals surface area contributed by atoms with E-state index in [4.69, 9.17) is 9.47 Å². The van der Waals surface area contributed by atoms with Crippen LogP contribution in [-0.2, 0) is 30.5 Å². The zero-order valence-corrected chi connectivity index (χ0v) is 24.7. The van der Waals surface area contributed by atoms with Crippen molar-refractivity contribution in [3.63, 3.8) is 0 Å². The van der Waals surface area contributed by atoms with Crippen LogP contribution in [0, 0.1) is 11.8 Å². The summed E-state index contributed by atoms with van der Waals surface area (Å²) < 4.78 is 13.8. The smallest absolute Gasteiger partial charge is 0.312 e. The quantitative estimate of drug-likeness (QED) is 0.155. The number of allylic oxidation sites excluding steroid dienone is 1. The van der Waals surface area contributed by atoms with Gasteiger partial charge in [0, 0.05) is 11.4 Å². The summed E-state index contributed by atoms with van der Waals surface area (Å²) in [6.07, 6.45) is 5.51. The number of esters is 1. The summed E-state index contributed by atoms with van der Waals surface area (Å²) in [5.74, 6) is -3.02. The lowest BCUT2D eigenvalue weighted by atomic mass is 9.70. The van der Waals surface area contributed by atoms with E-state index < -0.39 is 41.6 Å². The molecule has 12 heteroatoms. The van der Waals surface area contributed by atoms with E-state index in [1.54, 1.807) is 22.6 Å². The number of unbranched alkanes of at least 4 members (excludes halogenated alkanes) is 2. The summed E-state index contributed by atoms with van der Waals surface area (Å²) >= 11 is 3.67. The fourth-order valence-corrected chi connectivity index (χ4v) is 7.51. The fourth-order valence-electron chi connectivity index (χ4n) is 6.57. The molecule has 0 radical (unpaired) electrons. The molecule has 7 atom stereocenters. The van der Waals surface area contributed by atoms with Crippen LogP contribution in [0.15, 0.2) is 49.6 Å². The van der Waals surface area contributed by atoms with Gasteiger partial charge in [-0.3, -0.25) is 14.4 Å². The minimum absolute atomic E-state index is 0.0650. The summed E-state index contributed by atoms with van der Waals surface area (Å²) in [6, 6.07) is 5.69. The van der Waals surface area contributed by atoms with Gasteiger partial charge >= 0.3 is 5.97 Å². The van der Waals surface area contributed by atoms with E-state index in [2.05, 4.69) is 39.4 Å². The zero-order chi connectivity index (χ0) is 29.3. The highest BCUT2D eigenvalue weighted by molar-refractivity contribution is 9.09. The number of nitrogens with zero attached hydrogens (tertiary/aromatic N) is 5. The molecule has 11 nitrogen and oxygen atoms in total. The minimum Gasteiger partial charge on any atom is -0.465 e. The van der Waals surface area contributed by atoms with Gasteiger partial charge in [-0.1, -0.05) is 45.4 Å². The first-order valence-electron chi connectivity index (χ1n) is 14.0. The Morgan fingerprint density at radius 2 is 2.10 bits per heavy atom. The molecule has 3 aliphatic heterocycles. The van der Waals surface area contributed by atoms with E-state index in [1.807, 2.05) is 30.3 Å². The molecule has 3 fully saturated rings. The van der Waals surface area contributed by atoms with Gasteiger partial charge in [-0.15, -0.1) is 18.3 Å². The number of para-hydroxylation sites is 1. The Kier molecular flexibility index (Phi) is 8.62. The third-order valence-corrected chi connectivity index (χ3v) is 9.25. The van der Waals surface area contributed by atoms with Crippen molar-refractivity contribution in [2.24, 2.45) is 11.8 Å². The van der Waals surface area contributed by atoms with Crippen molar-refractivity contribution in [1.29, 1.82) is 0 Å². The molecule has 2 amide bonds. The maximum atomic E-state index is 14.5. The van der Waals surface area contributed by atoms with Crippen molar-refractivity contribution < 1.29 is 29.0 Å². The summed E-state index contributed by atoms with van der Waals surface area (Å²) in [5.41, 5.74) is 0.185. The van der Waals surface area contributed by atoms with Crippen LogP contribution in [0.2, 0.25) is 0 Å². The second-order valence-corrected chi connectivity index (χ2v) is 12.1. The number of carbonyl (C=O) groups is 3. The predicted molar refractivity (Wildman–Crippen MR) is 154 cm³/mol. The summed E-state index contributed by atoms with van der Waals surface area (Å²) in [5, 5.41) is 18.5. The van der Waals surface area contributed by atoms with Crippen LogP contribution >= 0.6 is 15.9 Å². The number of likely N-dealkylation sites (tertiary alicyclic amines) is 1. The molecule has 2 bridgehead atoms. The molecule has 1 aromatic heterocycles. The van der Waals surface area contributed by atoms with E-state index in [0.29, 0.717) is 18.4 Å². The van der Waals surface area contributed by atoms with Crippen LogP contribution in [0.25, 0.3) is 11.0 Å². The first-order valence-corrected chi connectivity index (χ1v) is 14.9. The standard InChI is InChI=1S/C29H36BrN5O6/c1-4-6-7-10-14-40-28(39)22-23-26(37)35(18(3)16-36)25(29(23)15-19(30)24(22)41-29)27(38)33(13-5-2)17-34-21-12-9-8-11-20(21)31-32-34/h4-5,8-9,11-12,18-19,22-25,36H,1-2,6-7,10,13-17H2,3H3/t18-,19?,22-,23+,24-,25?,29?/m1/s1. The van der Waals surface area contributed by atoms with Crippen molar-refractivity contribution in [3.05, 3.63) is 49.6 Å². The van der Waals surface area contributed by atoms with Gasteiger partial charge in [0.15, 0.2) is 0 Å². The van der Waals surface area contributed by atoms with Crippen LogP contribution in [-0.4, -0.2) is 96.1 Å². The van der Waals surface area contributed by atoms with E-state index >= 15 is 0 Å². The second-order valence-electron chi connectivity index (χ2n) is 11.0. The van der Waals surface area contributed by atoms with Gasteiger partial charge in [0.25, 0.3) is 0 Å². The SMILES string of the molecule is C=CCCCCOC(=O)[C@H]1[C@@H]2OC3(CC2Br)C(C(=O)N(CC=C)Cn2nnc4ccccc42)N([C@H](C)CO)C(=O)[C@H]13. The van der Waals surface area contributed by atoms with Gasteiger partial charge in [-0.2, -0.15) is 0 Å². The molecule has 41 heavy (non-hydrogen) atoms. The number of rotatable bonds is 13. The molecule has 3 unspecified atom stereocenters. The predicted octanol–water partition coefficient (Wildman–Crippen LogP) is 2.43. The number of halogens is 1. The third kappa shape index (κ3) is 4.99. The molecular weight excluding hydrogens is 594 g/mol. The molecule has 220 valence electrons. The Balaban J connectivity index is 1.47. The van der Waals surface area contributed by atoms with Crippen molar-refractivity contribution in [1.82, 2.24) is 24.8 Å². The number of benzene rings is 1. The molecule has 3 saturated heterocycles. The van der Waals surface area contributed by atoms with Crippen molar-refractivity contribution in [2.45, 2.75) is 67.9 Å². The van der Waals surface area contributed by atoms with Crippen LogP contribution in [0.5, 0.6) is 0 Å². The maximum absolute atomic E-state index is 14.5. The van der Waals surface area contributed by atoms with Gasteiger partial charge in [0.05, 0.1) is 42.7 Å². The van der Waals surface area contributed by atoms with Crippen LogP contribution in [0.4, 0.5) is 0 Å². The number of aliphatic hydroxyl groups excluding tert-OH is 1. The molecule has 1 aromatic carbocycles. The molecule has 0 aliphatic carbocycles. The number of alkyl halides is 1. The van der Waals surface area contributed by atoms with Gasteiger partial charge in [-0.25, -0.2) is 4.68 Å². The van der Waals surface area contributed by atoms with Gasteiger partial charge in [-0.05, 0) is 44.7 Å². The Hall–Kier alpha value is -3.09. The maximum Gasteiger partial charge on any atom is 0.312 e. The Labute approximate surface area is 247 Å². The Bertz CT molecular complexity index is 1330.